The summed E-state index contributed by atoms with van der Waals surface area (Å²) < 4.78 is 33.0. The maximum Gasteiger partial charge on any atom is 0.415 e. The van der Waals surface area contributed by atoms with E-state index >= 15 is 0 Å². The van der Waals surface area contributed by atoms with Gasteiger partial charge in [-0.25, -0.2) is 4.79 Å². The minimum atomic E-state index is -0.424. The molecular formula is C24H27N3O7. The van der Waals surface area contributed by atoms with Crippen LogP contribution in [0.5, 0.6) is 28.7 Å². The Morgan fingerprint density at radius 2 is 1.53 bits per heavy atom. The molecule has 0 atom stereocenters. The Labute approximate surface area is 197 Å². The van der Waals surface area contributed by atoms with Crippen LogP contribution in [0.15, 0.2) is 41.1 Å². The van der Waals surface area contributed by atoms with Gasteiger partial charge in [0.05, 0.1) is 34.6 Å². The Bertz CT molecular complexity index is 1130. The van der Waals surface area contributed by atoms with Crippen LogP contribution in [0, 0.1) is 0 Å². The van der Waals surface area contributed by atoms with Crippen molar-refractivity contribution in [2.75, 3.05) is 54.6 Å². The smallest absolute Gasteiger partial charge is 0.415 e. The lowest BCUT2D eigenvalue weighted by Crippen LogP contribution is -2.47. The molecule has 0 aliphatic carbocycles. The maximum atomic E-state index is 12.7. The van der Waals surface area contributed by atoms with Gasteiger partial charge in [0.1, 0.15) is 0 Å². The zero-order valence-corrected chi connectivity index (χ0v) is 19.5. The number of ether oxygens (including phenoxy) is 5. The molecule has 1 aliphatic rings. The highest BCUT2D eigenvalue weighted by Gasteiger charge is 2.23. The molecule has 1 aromatic heterocycles. The first-order valence-corrected chi connectivity index (χ1v) is 10.7. The molecule has 0 radical (unpaired) electrons. The Morgan fingerprint density at radius 3 is 2.15 bits per heavy atom. The number of aromatic nitrogens is 1. The molecule has 2 aromatic carbocycles. The lowest BCUT2D eigenvalue weighted by molar-refractivity contribution is 0.144. The van der Waals surface area contributed by atoms with Gasteiger partial charge >= 0.3 is 6.09 Å². The van der Waals surface area contributed by atoms with Crippen LogP contribution in [0.3, 0.4) is 0 Å². The molecule has 3 aromatic rings. The molecule has 1 N–H and O–H groups in total. The molecule has 1 aliphatic heterocycles. The van der Waals surface area contributed by atoms with Crippen LogP contribution in [0.2, 0.25) is 0 Å². The molecule has 10 heteroatoms. The topological polar surface area (TPSA) is 105 Å². The summed E-state index contributed by atoms with van der Waals surface area (Å²) in [4.78, 5) is 14.3. The van der Waals surface area contributed by atoms with Crippen LogP contribution in [0.4, 0.5) is 4.79 Å². The van der Waals surface area contributed by atoms with Gasteiger partial charge in [0.15, 0.2) is 28.8 Å². The minimum Gasteiger partial charge on any atom is -0.493 e. The average molecular weight is 469 g/mol. The largest absolute Gasteiger partial charge is 0.493 e. The minimum absolute atomic E-state index is 0.306. The van der Waals surface area contributed by atoms with E-state index in [1.165, 1.54) is 7.11 Å². The number of hydrogen-bond acceptors (Lipinski definition) is 9. The fourth-order valence-corrected chi connectivity index (χ4v) is 3.80. The summed E-state index contributed by atoms with van der Waals surface area (Å²) in [5, 5.41) is 7.20. The number of hydrogen-bond donors (Lipinski definition) is 1. The molecule has 0 spiro atoms. The van der Waals surface area contributed by atoms with Crippen molar-refractivity contribution in [2.24, 2.45) is 0 Å². The Balaban J connectivity index is 1.70. The predicted octanol–water partition coefficient (Wildman–Crippen LogP) is 3.45. The van der Waals surface area contributed by atoms with E-state index < -0.39 is 6.09 Å². The molecule has 34 heavy (non-hydrogen) atoms. The highest BCUT2D eigenvalue weighted by Crippen LogP contribution is 2.44. The van der Waals surface area contributed by atoms with Crippen molar-refractivity contribution in [3.8, 4) is 51.2 Å². The SMILES string of the molecule is COc1ccc(-c2cnoc2-c2cc(OC)c(OC)c(OC)c2)cc1OC(=O)N1CCNCC1. The van der Waals surface area contributed by atoms with E-state index in [0.717, 1.165) is 18.7 Å². The van der Waals surface area contributed by atoms with Gasteiger partial charge in [0.25, 0.3) is 0 Å². The second-order valence-corrected chi connectivity index (χ2v) is 7.45. The van der Waals surface area contributed by atoms with Crippen LogP contribution < -0.4 is 29.0 Å². The van der Waals surface area contributed by atoms with Crippen LogP contribution in [0.1, 0.15) is 0 Å². The summed E-state index contributed by atoms with van der Waals surface area (Å²) in [6, 6.07) is 8.87. The van der Waals surface area contributed by atoms with Gasteiger partial charge in [-0.05, 0) is 29.8 Å². The van der Waals surface area contributed by atoms with Crippen LogP contribution in [-0.4, -0.2) is 70.8 Å². The summed E-state index contributed by atoms with van der Waals surface area (Å²) in [6.45, 7) is 2.62. The van der Waals surface area contributed by atoms with Gasteiger partial charge in [-0.1, -0.05) is 11.2 Å². The first kappa shape index (κ1) is 23.2. The first-order chi connectivity index (χ1) is 16.6. The van der Waals surface area contributed by atoms with Crippen molar-refractivity contribution in [1.29, 1.82) is 0 Å². The Morgan fingerprint density at radius 1 is 0.882 bits per heavy atom. The highest BCUT2D eigenvalue weighted by molar-refractivity contribution is 5.83. The van der Waals surface area contributed by atoms with Crippen LogP contribution in [-0.2, 0) is 0 Å². The maximum absolute atomic E-state index is 12.7. The third kappa shape index (κ3) is 4.58. The van der Waals surface area contributed by atoms with Crippen molar-refractivity contribution in [1.82, 2.24) is 15.4 Å². The number of rotatable bonds is 7. The number of piperazine rings is 1. The lowest BCUT2D eigenvalue weighted by atomic mass is 10.0. The lowest BCUT2D eigenvalue weighted by Gasteiger charge is -2.26. The quantitative estimate of drug-likeness (QED) is 0.557. The van der Waals surface area contributed by atoms with Crippen molar-refractivity contribution >= 4 is 6.09 Å². The number of methoxy groups -OCH3 is 4. The van der Waals surface area contributed by atoms with E-state index in [1.807, 2.05) is 6.07 Å². The first-order valence-electron chi connectivity index (χ1n) is 10.7. The van der Waals surface area contributed by atoms with Crippen molar-refractivity contribution in [3.63, 3.8) is 0 Å². The highest BCUT2D eigenvalue weighted by atomic mass is 16.6. The molecule has 0 unspecified atom stereocenters. The molecule has 2 heterocycles. The van der Waals surface area contributed by atoms with Gasteiger partial charge in [-0.2, -0.15) is 0 Å². The number of carbonyl (C=O) groups excluding carboxylic acids is 1. The summed E-state index contributed by atoms with van der Waals surface area (Å²) >= 11 is 0. The van der Waals surface area contributed by atoms with E-state index in [9.17, 15) is 4.79 Å². The molecule has 10 nitrogen and oxygen atoms in total. The van der Waals surface area contributed by atoms with Crippen LogP contribution >= 0.6 is 0 Å². The third-order valence-corrected chi connectivity index (χ3v) is 5.54. The molecule has 1 amide bonds. The molecule has 1 fully saturated rings. The number of carbonyl (C=O) groups is 1. The standard InChI is InChI=1S/C24H27N3O7/c1-29-18-6-5-15(11-19(18)33-24(28)27-9-7-25-8-10-27)17-14-26-34-22(17)16-12-20(30-2)23(32-4)21(13-16)31-3/h5-6,11-14,25H,7-10H2,1-4H3. The zero-order valence-electron chi connectivity index (χ0n) is 19.5. The number of benzene rings is 2. The molecule has 0 saturated carbocycles. The fourth-order valence-electron chi connectivity index (χ4n) is 3.80. The fraction of sp³-hybridized carbons (Fsp3) is 0.333. The second-order valence-electron chi connectivity index (χ2n) is 7.45. The van der Waals surface area contributed by atoms with Crippen LogP contribution in [0.25, 0.3) is 22.5 Å². The van der Waals surface area contributed by atoms with E-state index in [2.05, 4.69) is 10.5 Å². The summed E-state index contributed by atoms with van der Waals surface area (Å²) in [6.07, 6.45) is 1.18. The van der Waals surface area contributed by atoms with E-state index in [-0.39, 0.29) is 0 Å². The summed E-state index contributed by atoms with van der Waals surface area (Å²) in [7, 11) is 6.16. The summed E-state index contributed by atoms with van der Waals surface area (Å²) in [5.74, 6) is 2.68. The van der Waals surface area contributed by atoms with Crippen molar-refractivity contribution in [2.45, 2.75) is 0 Å². The molecule has 1 saturated heterocycles. The van der Waals surface area contributed by atoms with Gasteiger partial charge in [-0.3, -0.25) is 0 Å². The van der Waals surface area contributed by atoms with E-state index in [1.54, 1.807) is 56.7 Å². The van der Waals surface area contributed by atoms with Gasteiger partial charge in [-0.15, -0.1) is 0 Å². The molecule has 0 bridgehead atoms. The van der Waals surface area contributed by atoms with E-state index in [4.69, 9.17) is 28.2 Å². The van der Waals surface area contributed by atoms with Crippen molar-refractivity contribution in [3.05, 3.63) is 36.5 Å². The molecule has 4 rings (SSSR count). The second kappa shape index (κ2) is 10.3. The number of nitrogens with zero attached hydrogens (tertiary/aromatic N) is 2. The average Bonchev–Trinajstić information content (AvgIpc) is 3.38. The summed E-state index contributed by atoms with van der Waals surface area (Å²) in [5.41, 5.74) is 2.10. The number of nitrogens with one attached hydrogen (secondary N) is 1. The Kier molecular flexibility index (Phi) is 7.07. The molecular weight excluding hydrogens is 442 g/mol. The predicted molar refractivity (Wildman–Crippen MR) is 124 cm³/mol. The zero-order chi connectivity index (χ0) is 24.1. The monoisotopic (exact) mass is 469 g/mol. The van der Waals surface area contributed by atoms with E-state index in [0.29, 0.717) is 58.7 Å². The normalized spacial score (nSPS) is 13.4. The van der Waals surface area contributed by atoms with Gasteiger partial charge < -0.3 is 38.4 Å². The molecule has 180 valence electrons. The third-order valence-electron chi connectivity index (χ3n) is 5.54. The van der Waals surface area contributed by atoms with Gasteiger partial charge in [0, 0.05) is 37.3 Å². The number of amides is 1. The van der Waals surface area contributed by atoms with Crippen molar-refractivity contribution < 1.29 is 33.0 Å². The van der Waals surface area contributed by atoms with Gasteiger partial charge in [0.2, 0.25) is 5.75 Å². The Hall–Kier alpha value is -3.92.